The maximum atomic E-state index is 14.8. The zero-order valence-corrected chi connectivity index (χ0v) is 56.2. The fourth-order valence-corrected chi connectivity index (χ4v) is 16.7. The number of benzene rings is 5. The van der Waals surface area contributed by atoms with E-state index >= 15 is 0 Å². The lowest BCUT2D eigenvalue weighted by Gasteiger charge is -2.40. The number of Topliss-reactive ketones (excluding diaryl/α,β-unsaturated/α-hetero) is 1. The summed E-state index contributed by atoms with van der Waals surface area (Å²) in [6.07, 6.45) is 8.32. The van der Waals surface area contributed by atoms with Gasteiger partial charge in [-0.05, 0) is 91.1 Å². The van der Waals surface area contributed by atoms with Crippen molar-refractivity contribution in [3.63, 3.8) is 0 Å². The van der Waals surface area contributed by atoms with E-state index in [4.69, 9.17) is 17.8 Å². The molecule has 0 spiro atoms. The number of nitrogens with zero attached hydrogens (tertiary/aromatic N) is 5. The second-order valence-electron chi connectivity index (χ2n) is 22.3. The topological polar surface area (TPSA) is 471 Å². The summed E-state index contributed by atoms with van der Waals surface area (Å²) in [7, 11) is -32.3. The molecular weight excluding hydrogens is 1370 g/mol. The molecule has 29 nitrogen and oxygen atoms in total. The first kappa shape index (κ1) is 72.6. The molecule has 0 aliphatic carbocycles. The van der Waals surface area contributed by atoms with Gasteiger partial charge in [-0.3, -0.25) is 32.4 Å². The molecule has 1 amide bonds. The van der Waals surface area contributed by atoms with E-state index in [-0.39, 0.29) is 76.7 Å². The van der Waals surface area contributed by atoms with Gasteiger partial charge in [-0.2, -0.15) is 29.8 Å². The Labute approximate surface area is 535 Å². The Morgan fingerprint density at radius 2 is 1.38 bits per heavy atom. The number of fused-ring (bicyclic) bond motifs is 6. The van der Waals surface area contributed by atoms with E-state index < -0.39 is 124 Å². The zero-order chi connectivity index (χ0) is 68.7. The molecule has 0 radical (unpaired) electrons. The second-order valence-corrected chi connectivity index (χ2v) is 34.0. The third-order valence-corrected chi connectivity index (χ3v) is 23.2. The Morgan fingerprint density at radius 3 is 1.95 bits per heavy atom. The summed E-state index contributed by atoms with van der Waals surface area (Å²) in [6.45, 7) is 9.02. The Bertz CT molecular complexity index is 4940. The number of primary sulfonamides is 1. The Hall–Kier alpha value is -6.79. The van der Waals surface area contributed by atoms with Crippen LogP contribution in [0.3, 0.4) is 0 Å². The number of sulfonamides is 1. The first-order valence-corrected chi connectivity index (χ1v) is 38.3. The van der Waals surface area contributed by atoms with Crippen molar-refractivity contribution in [2.45, 2.75) is 108 Å². The van der Waals surface area contributed by atoms with Crippen molar-refractivity contribution >= 4 is 133 Å². The largest absolute Gasteiger partial charge is 0.748 e. The summed E-state index contributed by atoms with van der Waals surface area (Å²) in [5.74, 6) is -1.65. The molecule has 5 aromatic carbocycles. The molecule has 0 atom stereocenters. The van der Waals surface area contributed by atoms with E-state index in [1.54, 1.807) is 67.3 Å². The van der Waals surface area contributed by atoms with E-state index in [1.807, 2.05) is 25.3 Å². The molecule has 0 unspecified atom stereocenters. The molecule has 0 saturated heterocycles. The summed E-state index contributed by atoms with van der Waals surface area (Å²) >= 11 is 0.668. The number of hydrogen-bond donors (Lipinski definition) is 7. The quantitative estimate of drug-likeness (QED) is 0.0176. The maximum absolute atomic E-state index is 14.8. The summed E-state index contributed by atoms with van der Waals surface area (Å²) in [6, 6.07) is 15.7. The molecule has 8 rings (SSSR count). The zero-order valence-electron chi connectivity index (χ0n) is 49.6. The van der Waals surface area contributed by atoms with Crippen molar-refractivity contribution in [2.75, 3.05) is 37.3 Å². The minimum absolute atomic E-state index is 0.0109. The fraction of sp³-hybridized carbons (Fsp3) is 0.327. The van der Waals surface area contributed by atoms with Gasteiger partial charge in [-0.25, -0.2) is 30.5 Å². The van der Waals surface area contributed by atoms with Crippen molar-refractivity contribution in [3.05, 3.63) is 136 Å². The summed E-state index contributed by atoms with van der Waals surface area (Å²) in [5, 5.41) is 15.1. The molecule has 2 aliphatic rings. The predicted molar refractivity (Wildman–Crippen MR) is 337 cm³/mol. The van der Waals surface area contributed by atoms with Gasteiger partial charge in [0.25, 0.3) is 40.4 Å². The number of ketones is 1. The SMILES string of the molecule is CCC[N+]1=C(C=CC=CC=C2N(CCCS(=O)(=O)[O-])c3ccc4c(S(=O)(O)(O)N(C)CCCC(=O)NCc5ccc(C(=O)Cc6nnc(S(N)(=O)=O)s6)cc5)cc(S(=O)(=O)O)cc4c3C2(C)C)C(C)(C)c2c1ccc1c(S(=O)(=O)O)cc(S(=O)(=O)O)cc21.O=S(=O)=O. The third-order valence-electron chi connectivity index (χ3n) is 15.2. The molecule has 498 valence electrons. The summed E-state index contributed by atoms with van der Waals surface area (Å²) in [5.41, 5.74) is 1.63. The number of hydrogen-bond acceptors (Lipinski definition) is 21. The molecule has 37 heteroatoms. The van der Waals surface area contributed by atoms with E-state index in [9.17, 15) is 83.2 Å². The first-order valence-electron chi connectivity index (χ1n) is 27.2. The molecule has 3 heterocycles. The van der Waals surface area contributed by atoms with Gasteiger partial charge in [0.2, 0.25) is 15.9 Å². The molecule has 0 saturated carbocycles. The highest BCUT2D eigenvalue weighted by Gasteiger charge is 2.47. The molecular formula is C55H63N7O22S8. The number of nitrogens with two attached hydrogens (primary N) is 1. The standard InChI is InChI=1S/C55H63N7O19S7.O3S/c1-7-24-61-42-22-20-38-40(28-36(85(70,71)72)30-45(38)87(76,77)78)51(42)54(2,3)47(61)13-9-8-10-14-48-55(4,5)52-41-29-37(86(73,74)75)31-46(39(41)21-23-43(52)62(48)26-12-27-83(65,66)67)88(79,80,81)60(6)25-11-15-49(64)57-33-34-16-18-35(19-17-34)44(63)32-50-58-59-53(82-50)84(56,68)69;1-4(2)3/h8-10,13-14,16-23,28-31H,7,11-12,15,24-27,32-33H2,1-6H3,(H8-,56,57,64,65,66,67,68,69,70,71,72,73,74,75,76,77,78,79,80,81);. The van der Waals surface area contributed by atoms with Gasteiger partial charge in [0.05, 0.1) is 36.6 Å². The predicted octanol–water partition coefficient (Wildman–Crippen LogP) is 5.24. The highest BCUT2D eigenvalue weighted by atomic mass is 32.3. The number of allylic oxidation sites excluding steroid dienone is 6. The number of carbonyl (C=O) groups excluding carboxylic acids is 2. The number of nitrogens with one attached hydrogen (secondary N) is 1. The van der Waals surface area contributed by atoms with Crippen molar-refractivity contribution in [1.29, 1.82) is 0 Å². The Balaban J connectivity index is 0.00000291. The van der Waals surface area contributed by atoms with Gasteiger partial charge in [0, 0.05) is 96.1 Å². The molecule has 8 N–H and O–H groups in total. The lowest BCUT2D eigenvalue weighted by atomic mass is 9.79. The van der Waals surface area contributed by atoms with Gasteiger partial charge in [0.15, 0.2) is 21.3 Å². The van der Waals surface area contributed by atoms with Crippen LogP contribution in [0.2, 0.25) is 0 Å². The second kappa shape index (κ2) is 26.5. The lowest BCUT2D eigenvalue weighted by molar-refractivity contribution is -0.437. The molecule has 2 aliphatic heterocycles. The maximum Gasteiger partial charge on any atom is 0.425 e. The van der Waals surface area contributed by atoms with Crippen LogP contribution in [0.25, 0.3) is 21.5 Å². The van der Waals surface area contributed by atoms with Crippen LogP contribution in [0.5, 0.6) is 0 Å². The van der Waals surface area contributed by atoms with Crippen LogP contribution in [0, 0.1) is 0 Å². The number of aromatic nitrogens is 2. The van der Waals surface area contributed by atoms with Crippen molar-refractivity contribution < 1.29 is 100 Å². The average molecular weight is 1430 g/mol. The molecule has 1 aromatic heterocycles. The van der Waals surface area contributed by atoms with E-state index in [1.165, 1.54) is 30.3 Å². The number of anilines is 1. The average Bonchev–Trinajstić information content (AvgIpc) is 1.60. The van der Waals surface area contributed by atoms with Crippen LogP contribution in [0.1, 0.15) is 92.4 Å². The minimum Gasteiger partial charge on any atom is -0.748 e. The monoisotopic (exact) mass is 1430 g/mol. The van der Waals surface area contributed by atoms with E-state index in [0.29, 0.717) is 80.2 Å². The molecule has 92 heavy (non-hydrogen) atoms. The van der Waals surface area contributed by atoms with Gasteiger partial charge in [-0.15, -0.1) is 22.8 Å². The highest BCUT2D eigenvalue weighted by Crippen LogP contribution is 2.53. The van der Waals surface area contributed by atoms with Crippen LogP contribution < -0.4 is 15.4 Å². The number of amides is 1. The first-order chi connectivity index (χ1) is 42.3. The minimum atomic E-state index is -6.31. The molecule has 6 aromatic rings. The van der Waals surface area contributed by atoms with Crippen LogP contribution in [0.15, 0.2) is 133 Å². The van der Waals surface area contributed by atoms with Crippen LogP contribution in [0.4, 0.5) is 11.4 Å². The van der Waals surface area contributed by atoms with Gasteiger partial charge in [0.1, 0.15) is 16.4 Å². The number of rotatable bonds is 24. The van der Waals surface area contributed by atoms with Gasteiger partial charge < -0.3 is 14.8 Å². The smallest absolute Gasteiger partial charge is 0.425 e. The van der Waals surface area contributed by atoms with Gasteiger partial charge in [-0.1, -0.05) is 80.7 Å². The highest BCUT2D eigenvalue weighted by molar-refractivity contribution is 8.08. The van der Waals surface area contributed by atoms with Crippen LogP contribution in [-0.2, 0) is 99.5 Å². The molecule has 0 bridgehead atoms. The van der Waals surface area contributed by atoms with Gasteiger partial charge >= 0.3 is 10.6 Å². The van der Waals surface area contributed by atoms with Crippen LogP contribution in [-0.4, -0.2) is 155 Å². The normalized spacial score (nSPS) is 16.1. The third kappa shape index (κ3) is 16.0. The number of carbonyl (C=O) groups is 2. The molecule has 0 fully saturated rings. The van der Waals surface area contributed by atoms with Crippen molar-refractivity contribution in [3.8, 4) is 0 Å². The lowest BCUT2D eigenvalue weighted by Crippen LogP contribution is -2.48. The Kier molecular flexibility index (Phi) is 21.0. The summed E-state index contributed by atoms with van der Waals surface area (Å²) < 4.78 is 232. The van der Waals surface area contributed by atoms with Crippen molar-refractivity contribution in [2.24, 2.45) is 5.14 Å². The van der Waals surface area contributed by atoms with Crippen LogP contribution >= 0.6 is 11.3 Å². The van der Waals surface area contributed by atoms with E-state index in [2.05, 4.69) is 15.5 Å². The fourth-order valence-electron chi connectivity index (χ4n) is 11.1. The summed E-state index contributed by atoms with van der Waals surface area (Å²) in [4.78, 5) is 24.4. The van der Waals surface area contributed by atoms with E-state index in [0.717, 1.165) is 19.2 Å². The Morgan fingerprint density at radius 1 is 0.783 bits per heavy atom. The van der Waals surface area contributed by atoms with Crippen molar-refractivity contribution in [1.82, 2.24) is 19.8 Å².